The van der Waals surface area contributed by atoms with Crippen molar-refractivity contribution in [2.24, 2.45) is 0 Å². The van der Waals surface area contributed by atoms with Gasteiger partial charge in [0.15, 0.2) is 0 Å². The quantitative estimate of drug-likeness (QED) is 0.645. The Morgan fingerprint density at radius 1 is 1.17 bits per heavy atom. The molecule has 0 aromatic carbocycles. The van der Waals surface area contributed by atoms with Crippen molar-refractivity contribution < 1.29 is 14.3 Å². The summed E-state index contributed by atoms with van der Waals surface area (Å²) >= 11 is 0. The van der Waals surface area contributed by atoms with E-state index in [1.807, 2.05) is 11.8 Å². The molecule has 130 valence electrons. The zero-order chi connectivity index (χ0) is 16.7. The lowest BCUT2D eigenvalue weighted by Crippen LogP contribution is -2.56. The summed E-state index contributed by atoms with van der Waals surface area (Å²) in [5.41, 5.74) is 0. The third-order valence-corrected chi connectivity index (χ3v) is 4.45. The van der Waals surface area contributed by atoms with E-state index in [0.29, 0.717) is 39.4 Å². The minimum Gasteiger partial charge on any atom is -0.378 e. The highest BCUT2D eigenvalue weighted by Crippen LogP contribution is 2.10. The number of piperazine rings is 1. The summed E-state index contributed by atoms with van der Waals surface area (Å²) in [6, 6.07) is -0.107. The van der Waals surface area contributed by atoms with Gasteiger partial charge in [0.2, 0.25) is 11.8 Å². The molecule has 0 saturated carbocycles. The molecule has 23 heavy (non-hydrogen) atoms. The smallest absolute Gasteiger partial charge is 0.239 e. The van der Waals surface area contributed by atoms with Crippen molar-refractivity contribution in [2.75, 3.05) is 65.6 Å². The lowest BCUT2D eigenvalue weighted by Gasteiger charge is -2.39. The first-order valence-electron chi connectivity index (χ1n) is 8.32. The van der Waals surface area contributed by atoms with E-state index in [1.54, 1.807) is 6.08 Å². The molecule has 2 amide bonds. The van der Waals surface area contributed by atoms with Crippen LogP contribution in [0.2, 0.25) is 0 Å². The van der Waals surface area contributed by atoms with E-state index in [0.717, 1.165) is 26.2 Å². The fraction of sp³-hybridized carbons (Fsp3) is 0.750. The number of rotatable bonds is 6. The molecule has 0 aromatic heterocycles. The van der Waals surface area contributed by atoms with Gasteiger partial charge in [-0.25, -0.2) is 0 Å². The Kier molecular flexibility index (Phi) is 7.01. The van der Waals surface area contributed by atoms with Gasteiger partial charge < -0.3 is 15.0 Å². The van der Waals surface area contributed by atoms with E-state index < -0.39 is 0 Å². The number of hydrogen-bond acceptors (Lipinski definition) is 5. The van der Waals surface area contributed by atoms with E-state index in [2.05, 4.69) is 21.7 Å². The average molecular weight is 324 g/mol. The van der Waals surface area contributed by atoms with Crippen LogP contribution in [0.1, 0.15) is 6.92 Å². The molecule has 1 atom stereocenters. The number of ether oxygens (including phenoxy) is 1. The Balaban J connectivity index is 1.73. The first kappa shape index (κ1) is 17.9. The molecule has 0 spiro atoms. The topological polar surface area (TPSA) is 65.1 Å². The molecule has 0 radical (unpaired) electrons. The predicted octanol–water partition coefficient (Wildman–Crippen LogP) is -0.846. The largest absolute Gasteiger partial charge is 0.378 e. The van der Waals surface area contributed by atoms with Crippen LogP contribution in [0.3, 0.4) is 0 Å². The molecule has 0 bridgehead atoms. The van der Waals surface area contributed by atoms with Gasteiger partial charge in [0.05, 0.1) is 25.8 Å². The van der Waals surface area contributed by atoms with Crippen LogP contribution in [0.5, 0.6) is 0 Å². The van der Waals surface area contributed by atoms with E-state index in [-0.39, 0.29) is 17.9 Å². The molecule has 1 N–H and O–H groups in total. The monoisotopic (exact) mass is 324 g/mol. The molecule has 2 aliphatic rings. The molecule has 2 fully saturated rings. The van der Waals surface area contributed by atoms with E-state index >= 15 is 0 Å². The molecule has 1 unspecified atom stereocenters. The number of morpholine rings is 1. The molecule has 0 aliphatic carbocycles. The van der Waals surface area contributed by atoms with Crippen molar-refractivity contribution >= 4 is 11.8 Å². The first-order valence-corrected chi connectivity index (χ1v) is 8.32. The SMILES string of the molecule is C=CCNC(=O)CN1CCN(C(C)C(=O)N2CCOCC2)CC1. The molecule has 2 aliphatic heterocycles. The second-order valence-electron chi connectivity index (χ2n) is 6.02. The molecule has 7 heteroatoms. The lowest BCUT2D eigenvalue weighted by molar-refractivity contribution is -0.141. The van der Waals surface area contributed by atoms with E-state index in [1.165, 1.54) is 0 Å². The number of hydrogen-bond donors (Lipinski definition) is 1. The summed E-state index contributed by atoms with van der Waals surface area (Å²) in [5.74, 6) is 0.210. The summed E-state index contributed by atoms with van der Waals surface area (Å²) in [4.78, 5) is 30.5. The number of nitrogens with zero attached hydrogens (tertiary/aromatic N) is 3. The maximum Gasteiger partial charge on any atom is 0.239 e. The van der Waals surface area contributed by atoms with Crippen molar-refractivity contribution in [1.29, 1.82) is 0 Å². The van der Waals surface area contributed by atoms with Crippen LogP contribution < -0.4 is 5.32 Å². The first-order chi connectivity index (χ1) is 11.1. The van der Waals surface area contributed by atoms with Crippen molar-refractivity contribution in [3.8, 4) is 0 Å². The standard InChI is InChI=1S/C16H28N4O3/c1-3-4-17-15(21)13-18-5-7-19(8-6-18)14(2)16(22)20-9-11-23-12-10-20/h3,14H,1,4-13H2,2H3,(H,17,21). The third-order valence-electron chi connectivity index (χ3n) is 4.45. The van der Waals surface area contributed by atoms with Crippen LogP contribution in [0, 0.1) is 0 Å². The second kappa shape index (κ2) is 9.00. The Morgan fingerprint density at radius 3 is 2.43 bits per heavy atom. The second-order valence-corrected chi connectivity index (χ2v) is 6.02. The molecular weight excluding hydrogens is 296 g/mol. The highest BCUT2D eigenvalue weighted by atomic mass is 16.5. The molecule has 7 nitrogen and oxygen atoms in total. The zero-order valence-corrected chi connectivity index (χ0v) is 14.0. The Bertz CT molecular complexity index is 416. The van der Waals surface area contributed by atoms with Crippen LogP contribution >= 0.6 is 0 Å². The van der Waals surface area contributed by atoms with Crippen LogP contribution in [-0.4, -0.2) is 98.1 Å². The van der Waals surface area contributed by atoms with Crippen LogP contribution in [0.25, 0.3) is 0 Å². The number of nitrogens with one attached hydrogen (secondary N) is 1. The highest BCUT2D eigenvalue weighted by molar-refractivity contribution is 5.81. The van der Waals surface area contributed by atoms with Gasteiger partial charge >= 0.3 is 0 Å². The molecule has 2 saturated heterocycles. The summed E-state index contributed by atoms with van der Waals surface area (Å²) < 4.78 is 5.30. The summed E-state index contributed by atoms with van der Waals surface area (Å²) in [6.07, 6.45) is 1.68. The van der Waals surface area contributed by atoms with Gasteiger partial charge in [-0.05, 0) is 6.92 Å². The predicted molar refractivity (Wildman–Crippen MR) is 88.1 cm³/mol. The Morgan fingerprint density at radius 2 is 1.83 bits per heavy atom. The summed E-state index contributed by atoms with van der Waals surface area (Å²) in [5, 5.41) is 2.79. The van der Waals surface area contributed by atoms with Gasteiger partial charge in [0.1, 0.15) is 0 Å². The van der Waals surface area contributed by atoms with E-state index in [4.69, 9.17) is 4.74 Å². The highest BCUT2D eigenvalue weighted by Gasteiger charge is 2.29. The van der Waals surface area contributed by atoms with Crippen molar-refractivity contribution in [1.82, 2.24) is 20.0 Å². The minimum absolute atomic E-state index is 0.0239. The summed E-state index contributed by atoms with van der Waals surface area (Å²) in [6.45, 7) is 12.4. The van der Waals surface area contributed by atoms with Crippen molar-refractivity contribution in [3.05, 3.63) is 12.7 Å². The van der Waals surface area contributed by atoms with Crippen LogP contribution in [0.4, 0.5) is 0 Å². The fourth-order valence-corrected chi connectivity index (χ4v) is 2.96. The molecule has 2 heterocycles. The minimum atomic E-state index is -0.107. The molecular formula is C16H28N4O3. The van der Waals surface area contributed by atoms with Crippen molar-refractivity contribution in [3.63, 3.8) is 0 Å². The van der Waals surface area contributed by atoms with Gasteiger partial charge in [-0.15, -0.1) is 6.58 Å². The normalized spacial score (nSPS) is 21.7. The van der Waals surface area contributed by atoms with Gasteiger partial charge in [-0.2, -0.15) is 0 Å². The average Bonchev–Trinajstić information content (AvgIpc) is 2.60. The van der Waals surface area contributed by atoms with Crippen LogP contribution in [-0.2, 0) is 14.3 Å². The molecule has 2 rings (SSSR count). The van der Waals surface area contributed by atoms with Crippen LogP contribution in [0.15, 0.2) is 12.7 Å². The number of amides is 2. The number of carbonyl (C=O) groups excluding carboxylic acids is 2. The maximum absolute atomic E-state index is 12.5. The lowest BCUT2D eigenvalue weighted by atomic mass is 10.2. The zero-order valence-electron chi connectivity index (χ0n) is 14.0. The number of carbonyl (C=O) groups is 2. The van der Waals surface area contributed by atoms with Gasteiger partial charge in [-0.1, -0.05) is 6.08 Å². The Hall–Kier alpha value is -1.44. The Labute approximate surface area is 138 Å². The fourth-order valence-electron chi connectivity index (χ4n) is 2.96. The van der Waals surface area contributed by atoms with Crippen molar-refractivity contribution in [2.45, 2.75) is 13.0 Å². The molecule has 0 aromatic rings. The van der Waals surface area contributed by atoms with E-state index in [9.17, 15) is 9.59 Å². The maximum atomic E-state index is 12.5. The van der Waals surface area contributed by atoms with Gasteiger partial charge in [-0.3, -0.25) is 19.4 Å². The van der Waals surface area contributed by atoms with Gasteiger partial charge in [0, 0.05) is 45.8 Å². The third kappa shape index (κ3) is 5.30. The van der Waals surface area contributed by atoms with Gasteiger partial charge in [0.25, 0.3) is 0 Å². The summed E-state index contributed by atoms with van der Waals surface area (Å²) in [7, 11) is 0.